The van der Waals surface area contributed by atoms with Crippen molar-refractivity contribution in [2.24, 2.45) is 0 Å². The van der Waals surface area contributed by atoms with E-state index in [0.717, 1.165) is 50.2 Å². The Kier molecular flexibility index (Phi) is 4.62. The van der Waals surface area contributed by atoms with E-state index in [9.17, 15) is 0 Å². The average Bonchev–Trinajstić information content (AvgIpc) is 3.57. The van der Waals surface area contributed by atoms with E-state index in [0.29, 0.717) is 17.5 Å². The van der Waals surface area contributed by atoms with Crippen LogP contribution >= 0.6 is 11.3 Å². The molecule has 0 fully saturated rings. The van der Waals surface area contributed by atoms with E-state index in [2.05, 4.69) is 72.2 Å². The van der Waals surface area contributed by atoms with E-state index in [4.69, 9.17) is 4.98 Å². The molecule has 0 aromatic carbocycles. The van der Waals surface area contributed by atoms with Crippen LogP contribution < -0.4 is 5.32 Å². The summed E-state index contributed by atoms with van der Waals surface area (Å²) in [6.45, 7) is 4.20. The summed E-state index contributed by atoms with van der Waals surface area (Å²) in [5.74, 6) is 0.664. The van der Waals surface area contributed by atoms with Crippen molar-refractivity contribution in [3.8, 4) is 33.9 Å². The van der Waals surface area contributed by atoms with Gasteiger partial charge >= 0.3 is 0 Å². The minimum atomic E-state index is 0.318. The number of hydrogen-bond acceptors (Lipinski definition) is 7. The maximum Gasteiger partial charge on any atom is 0.178 e. The molecule has 6 aromatic rings. The number of anilines is 1. The molecular weight excluding hydrogens is 432 g/mol. The second-order valence-electron chi connectivity index (χ2n) is 8.10. The molecule has 0 aliphatic rings. The molecule has 0 radical (unpaired) electrons. The van der Waals surface area contributed by atoms with E-state index in [1.54, 1.807) is 23.7 Å². The van der Waals surface area contributed by atoms with Gasteiger partial charge in [0.15, 0.2) is 11.5 Å². The summed E-state index contributed by atoms with van der Waals surface area (Å²) in [6.07, 6.45) is 7.21. The SMILES string of the molecule is CC(C)Nc1cncc(-c2cc3c(-c4nc5nccc(-c6ccsc6)c5[nH]4)n[nH]c3cn2)c1. The van der Waals surface area contributed by atoms with Gasteiger partial charge in [-0.25, -0.2) is 9.97 Å². The second kappa shape index (κ2) is 7.79. The molecule has 162 valence electrons. The average molecular weight is 453 g/mol. The first-order valence-electron chi connectivity index (χ1n) is 10.6. The van der Waals surface area contributed by atoms with Crippen LogP contribution in [0.25, 0.3) is 56.0 Å². The number of rotatable bonds is 5. The van der Waals surface area contributed by atoms with Crippen molar-refractivity contribution in [1.29, 1.82) is 0 Å². The van der Waals surface area contributed by atoms with Crippen molar-refractivity contribution in [1.82, 2.24) is 35.1 Å². The highest BCUT2D eigenvalue weighted by atomic mass is 32.1. The molecule has 8 nitrogen and oxygen atoms in total. The van der Waals surface area contributed by atoms with Crippen LogP contribution in [0.15, 0.2) is 59.8 Å². The molecule has 6 aromatic heterocycles. The van der Waals surface area contributed by atoms with Crippen LogP contribution in [0.1, 0.15) is 13.8 Å². The Balaban J connectivity index is 1.45. The predicted octanol–water partition coefficient (Wildman–Crippen LogP) is 5.51. The van der Waals surface area contributed by atoms with Crippen LogP contribution in [0.4, 0.5) is 5.69 Å². The van der Waals surface area contributed by atoms with Crippen molar-refractivity contribution in [2.45, 2.75) is 19.9 Å². The highest BCUT2D eigenvalue weighted by Crippen LogP contribution is 2.32. The predicted molar refractivity (Wildman–Crippen MR) is 132 cm³/mol. The minimum absolute atomic E-state index is 0.318. The van der Waals surface area contributed by atoms with Crippen LogP contribution in [-0.4, -0.2) is 41.2 Å². The van der Waals surface area contributed by atoms with E-state index in [1.165, 1.54) is 0 Å². The molecule has 0 saturated heterocycles. The van der Waals surface area contributed by atoms with Crippen molar-refractivity contribution in [3.05, 3.63) is 59.8 Å². The number of pyridine rings is 3. The summed E-state index contributed by atoms with van der Waals surface area (Å²) in [5.41, 5.74) is 8.05. The van der Waals surface area contributed by atoms with Crippen LogP contribution in [0, 0.1) is 0 Å². The highest BCUT2D eigenvalue weighted by molar-refractivity contribution is 7.08. The maximum absolute atomic E-state index is 4.74. The number of aromatic nitrogens is 7. The summed E-state index contributed by atoms with van der Waals surface area (Å²) in [4.78, 5) is 21.6. The molecular formula is C24H20N8S. The maximum atomic E-state index is 4.74. The lowest BCUT2D eigenvalue weighted by Gasteiger charge is -2.10. The van der Waals surface area contributed by atoms with Gasteiger partial charge in [-0.05, 0) is 54.4 Å². The molecule has 6 rings (SSSR count). The number of hydrogen-bond donors (Lipinski definition) is 3. The van der Waals surface area contributed by atoms with E-state index in [-0.39, 0.29) is 0 Å². The molecule has 0 aliphatic heterocycles. The monoisotopic (exact) mass is 452 g/mol. The minimum Gasteiger partial charge on any atom is -0.382 e. The number of thiophene rings is 1. The van der Waals surface area contributed by atoms with Gasteiger partial charge < -0.3 is 10.3 Å². The third kappa shape index (κ3) is 3.52. The third-order valence-corrected chi connectivity index (χ3v) is 6.07. The van der Waals surface area contributed by atoms with Gasteiger partial charge in [0, 0.05) is 41.1 Å². The van der Waals surface area contributed by atoms with Gasteiger partial charge in [-0.15, -0.1) is 0 Å². The highest BCUT2D eigenvalue weighted by Gasteiger charge is 2.17. The summed E-state index contributed by atoms with van der Waals surface area (Å²) in [5, 5.41) is 16.1. The van der Waals surface area contributed by atoms with Gasteiger partial charge in [0.05, 0.1) is 28.6 Å². The molecule has 0 spiro atoms. The molecule has 9 heteroatoms. The first-order valence-corrected chi connectivity index (χ1v) is 11.5. The van der Waals surface area contributed by atoms with Crippen molar-refractivity contribution < 1.29 is 0 Å². The first kappa shape index (κ1) is 19.6. The lowest BCUT2D eigenvalue weighted by atomic mass is 10.1. The molecule has 33 heavy (non-hydrogen) atoms. The topological polar surface area (TPSA) is 108 Å². The van der Waals surface area contributed by atoms with Gasteiger partial charge in [0.25, 0.3) is 0 Å². The Hall–Kier alpha value is -4.11. The van der Waals surface area contributed by atoms with Gasteiger partial charge in [-0.1, -0.05) is 0 Å². The molecule has 0 amide bonds. The molecule has 0 aliphatic carbocycles. The number of H-pyrrole nitrogens is 2. The Labute approximate surface area is 193 Å². The normalized spacial score (nSPS) is 11.6. The molecule has 0 saturated carbocycles. The van der Waals surface area contributed by atoms with Gasteiger partial charge in [0.2, 0.25) is 0 Å². The number of imidazole rings is 1. The molecule has 0 bridgehead atoms. The number of fused-ring (bicyclic) bond motifs is 2. The molecule has 0 unspecified atom stereocenters. The van der Waals surface area contributed by atoms with Crippen molar-refractivity contribution in [2.75, 3.05) is 5.32 Å². The summed E-state index contributed by atoms with van der Waals surface area (Å²) < 4.78 is 0. The zero-order valence-electron chi connectivity index (χ0n) is 18.0. The fourth-order valence-electron chi connectivity index (χ4n) is 3.93. The fraction of sp³-hybridized carbons (Fsp3) is 0.125. The van der Waals surface area contributed by atoms with Crippen molar-refractivity contribution >= 4 is 39.1 Å². The van der Waals surface area contributed by atoms with E-state index < -0.39 is 0 Å². The first-order chi connectivity index (χ1) is 16.2. The van der Waals surface area contributed by atoms with Crippen LogP contribution in [-0.2, 0) is 0 Å². The van der Waals surface area contributed by atoms with Gasteiger partial charge in [0.1, 0.15) is 5.69 Å². The Morgan fingerprint density at radius 3 is 2.82 bits per heavy atom. The summed E-state index contributed by atoms with van der Waals surface area (Å²) in [7, 11) is 0. The Bertz CT molecular complexity index is 1580. The lowest BCUT2D eigenvalue weighted by Crippen LogP contribution is -2.09. The van der Waals surface area contributed by atoms with Crippen LogP contribution in [0.3, 0.4) is 0 Å². The van der Waals surface area contributed by atoms with Gasteiger partial charge in [-0.3, -0.25) is 15.1 Å². The Morgan fingerprint density at radius 1 is 1.03 bits per heavy atom. The number of nitrogens with zero attached hydrogens (tertiary/aromatic N) is 5. The van der Waals surface area contributed by atoms with Crippen molar-refractivity contribution in [3.63, 3.8) is 0 Å². The third-order valence-electron chi connectivity index (χ3n) is 5.39. The zero-order valence-corrected chi connectivity index (χ0v) is 18.8. The van der Waals surface area contributed by atoms with Gasteiger partial charge in [-0.2, -0.15) is 16.4 Å². The number of aromatic amines is 2. The quantitative estimate of drug-likeness (QED) is 0.318. The fourth-order valence-corrected chi connectivity index (χ4v) is 4.58. The van der Waals surface area contributed by atoms with E-state index >= 15 is 0 Å². The second-order valence-corrected chi connectivity index (χ2v) is 8.88. The largest absolute Gasteiger partial charge is 0.382 e. The summed E-state index contributed by atoms with van der Waals surface area (Å²) in [6, 6.07) is 8.49. The van der Waals surface area contributed by atoms with E-state index in [1.807, 2.05) is 24.5 Å². The van der Waals surface area contributed by atoms with Crippen LogP contribution in [0.2, 0.25) is 0 Å². The molecule has 6 heterocycles. The Morgan fingerprint density at radius 2 is 1.97 bits per heavy atom. The molecule has 3 N–H and O–H groups in total. The smallest absolute Gasteiger partial charge is 0.178 e. The number of nitrogens with one attached hydrogen (secondary N) is 3. The summed E-state index contributed by atoms with van der Waals surface area (Å²) >= 11 is 1.66. The molecule has 0 atom stereocenters. The standard InChI is InChI=1S/C24H20N8S/c1-13(2)28-16-7-15(9-25-10-16)19-8-18-20(11-27-19)31-32-22(18)24-29-21-17(14-4-6-33-12-14)3-5-26-23(21)30-24/h3-13,28H,1-2H3,(H,31,32)(H,26,29,30). The van der Waals surface area contributed by atoms with Crippen LogP contribution in [0.5, 0.6) is 0 Å². The zero-order chi connectivity index (χ0) is 22.4. The lowest BCUT2D eigenvalue weighted by molar-refractivity contribution is 0.898.